The summed E-state index contributed by atoms with van der Waals surface area (Å²) in [6.45, 7) is 3.43. The number of piperidine rings is 1. The third kappa shape index (κ3) is 2.26. The lowest BCUT2D eigenvalue weighted by Crippen LogP contribution is -2.69. The van der Waals surface area contributed by atoms with Gasteiger partial charge in [-0.05, 0) is 30.9 Å². The van der Waals surface area contributed by atoms with Crippen molar-refractivity contribution in [2.75, 3.05) is 20.2 Å². The zero-order valence-electron chi connectivity index (χ0n) is 15.0. The summed E-state index contributed by atoms with van der Waals surface area (Å²) in [5.74, 6) is 0. The second-order valence-corrected chi connectivity index (χ2v) is 7.73. The van der Waals surface area contributed by atoms with E-state index in [2.05, 4.69) is 30.1 Å². The van der Waals surface area contributed by atoms with Crippen LogP contribution in [0.2, 0.25) is 0 Å². The average molecular weight is 343 g/mol. The molecule has 2 aromatic rings. The van der Waals surface area contributed by atoms with Crippen LogP contribution in [0.4, 0.5) is 4.79 Å². The molecule has 0 radical (unpaired) electrons. The van der Waals surface area contributed by atoms with Crippen LogP contribution in [-0.2, 0) is 17.6 Å². The van der Waals surface area contributed by atoms with Crippen LogP contribution in [0.3, 0.4) is 0 Å². The number of rotatable bonds is 2. The van der Waals surface area contributed by atoms with Crippen LogP contribution in [-0.4, -0.2) is 47.1 Å². The zero-order valence-corrected chi connectivity index (χ0v) is 15.0. The van der Waals surface area contributed by atoms with Crippen molar-refractivity contribution in [3.05, 3.63) is 35.5 Å². The van der Waals surface area contributed by atoms with E-state index in [0.717, 1.165) is 37.6 Å². The molecule has 5 heteroatoms. The van der Waals surface area contributed by atoms with Crippen LogP contribution in [0.15, 0.2) is 24.3 Å². The van der Waals surface area contributed by atoms with Crippen LogP contribution in [0.5, 0.6) is 0 Å². The maximum atomic E-state index is 12.4. The second-order valence-electron chi connectivity index (χ2n) is 7.73. The topological polar surface area (TPSA) is 62.3 Å². The normalized spacial score (nSPS) is 32.0. The van der Waals surface area contributed by atoms with Crippen LogP contribution in [0.1, 0.15) is 37.4 Å². The summed E-state index contributed by atoms with van der Waals surface area (Å²) in [6.07, 6.45) is 3.48. The Labute approximate surface area is 148 Å². The molecule has 1 unspecified atom stereocenters. The number of carboxylic acid groups (broad SMARTS) is 1. The molecule has 2 N–H and O–H groups in total. The molecule has 0 spiro atoms. The molecule has 1 aromatic heterocycles. The van der Waals surface area contributed by atoms with Crippen molar-refractivity contribution < 1.29 is 19.1 Å². The van der Waals surface area contributed by atoms with Gasteiger partial charge in [0.2, 0.25) is 6.23 Å². The number of benzene rings is 1. The molecule has 2 bridgehead atoms. The van der Waals surface area contributed by atoms with E-state index in [-0.39, 0.29) is 16.1 Å². The molecule has 1 saturated heterocycles. The van der Waals surface area contributed by atoms with Gasteiger partial charge >= 0.3 is 6.09 Å². The Balaban J connectivity index is 1.92. The van der Waals surface area contributed by atoms with Crippen LogP contribution < -0.4 is 0 Å². The van der Waals surface area contributed by atoms with E-state index < -0.39 is 6.09 Å². The van der Waals surface area contributed by atoms with Gasteiger partial charge in [-0.1, -0.05) is 25.1 Å². The third-order valence-electron chi connectivity index (χ3n) is 6.70. The molecule has 3 heterocycles. The lowest BCUT2D eigenvalue weighted by Gasteiger charge is -2.52. The highest BCUT2D eigenvalue weighted by Crippen LogP contribution is 2.48. The number of quaternary nitrogens is 1. The predicted molar refractivity (Wildman–Crippen MR) is 96.5 cm³/mol. The third-order valence-corrected chi connectivity index (χ3v) is 6.70. The van der Waals surface area contributed by atoms with Crippen molar-refractivity contribution in [2.24, 2.45) is 5.41 Å². The summed E-state index contributed by atoms with van der Waals surface area (Å²) in [6, 6.07) is 8.37. The van der Waals surface area contributed by atoms with Crippen molar-refractivity contribution in [1.82, 2.24) is 4.98 Å². The van der Waals surface area contributed by atoms with E-state index >= 15 is 0 Å². The summed E-state index contributed by atoms with van der Waals surface area (Å²) < 4.78 is 5.96. The van der Waals surface area contributed by atoms with Gasteiger partial charge in [0, 0.05) is 36.5 Å². The fraction of sp³-hybridized carbons (Fsp3) is 0.550. The summed E-state index contributed by atoms with van der Waals surface area (Å²) in [5.41, 5.74) is 3.59. The Bertz CT molecular complexity index is 814. The van der Waals surface area contributed by atoms with E-state index in [0.29, 0.717) is 13.1 Å². The van der Waals surface area contributed by atoms with E-state index in [4.69, 9.17) is 4.74 Å². The number of H-pyrrole nitrogens is 1. The number of hydrogen-bond acceptors (Lipinski definition) is 2. The quantitative estimate of drug-likeness (QED) is 0.812. The second kappa shape index (κ2) is 5.85. The molecule has 5 nitrogen and oxygen atoms in total. The molecule has 1 amide bonds. The number of para-hydroxylation sites is 1. The molecule has 3 atom stereocenters. The van der Waals surface area contributed by atoms with Crippen LogP contribution in [0, 0.1) is 5.41 Å². The summed E-state index contributed by atoms with van der Waals surface area (Å²) in [7, 11) is 1.68. The first kappa shape index (κ1) is 16.6. The Morgan fingerprint density at radius 3 is 2.92 bits per heavy atom. The van der Waals surface area contributed by atoms with Crippen molar-refractivity contribution in [1.29, 1.82) is 0 Å². The van der Waals surface area contributed by atoms with E-state index in [1.54, 1.807) is 7.11 Å². The van der Waals surface area contributed by atoms with Crippen molar-refractivity contribution >= 4 is 17.0 Å². The highest BCUT2D eigenvalue weighted by Gasteiger charge is 2.59. The number of fused-ring (bicyclic) bond motifs is 5. The number of hydrogen-bond donors (Lipinski definition) is 2. The van der Waals surface area contributed by atoms with Gasteiger partial charge in [0.25, 0.3) is 0 Å². The highest BCUT2D eigenvalue weighted by atomic mass is 16.5. The number of nitrogens with one attached hydrogen (secondary N) is 1. The van der Waals surface area contributed by atoms with Gasteiger partial charge in [0.15, 0.2) is 0 Å². The summed E-state index contributed by atoms with van der Waals surface area (Å²) in [5, 5.41) is 11.4. The maximum absolute atomic E-state index is 12.4. The van der Waals surface area contributed by atoms with Crippen molar-refractivity contribution in [3.8, 4) is 0 Å². The van der Waals surface area contributed by atoms with Crippen molar-refractivity contribution in [2.45, 2.75) is 45.3 Å². The van der Waals surface area contributed by atoms with E-state index in [9.17, 15) is 9.90 Å². The SMILES string of the molecule is CC[C@@]12CCC[N+](C(=O)O)(CCc3c([nH]c4ccccc34)C1)[C@H]2OC. The molecular weight excluding hydrogens is 316 g/mol. The van der Waals surface area contributed by atoms with Crippen LogP contribution >= 0.6 is 0 Å². The van der Waals surface area contributed by atoms with Gasteiger partial charge in [0.1, 0.15) is 0 Å². The molecule has 2 aliphatic heterocycles. The maximum Gasteiger partial charge on any atom is 0.515 e. The van der Waals surface area contributed by atoms with Gasteiger partial charge in [-0.15, -0.1) is 0 Å². The Morgan fingerprint density at radius 1 is 1.40 bits per heavy atom. The number of ether oxygens (including phenoxy) is 1. The molecule has 0 aliphatic carbocycles. The lowest BCUT2D eigenvalue weighted by atomic mass is 9.70. The number of aromatic nitrogens is 1. The molecule has 2 aliphatic rings. The zero-order chi connectivity index (χ0) is 17.7. The summed E-state index contributed by atoms with van der Waals surface area (Å²) in [4.78, 5) is 16.0. The lowest BCUT2D eigenvalue weighted by molar-refractivity contribution is -0.921. The van der Waals surface area contributed by atoms with E-state index in [1.807, 2.05) is 6.07 Å². The van der Waals surface area contributed by atoms with Gasteiger partial charge in [-0.2, -0.15) is 9.28 Å². The number of carbonyl (C=O) groups is 1. The molecular formula is C20H27N2O3+. The largest absolute Gasteiger partial charge is 0.515 e. The number of aromatic amines is 1. The van der Waals surface area contributed by atoms with Gasteiger partial charge in [-0.25, -0.2) is 0 Å². The van der Waals surface area contributed by atoms with Gasteiger partial charge < -0.3 is 14.8 Å². The minimum Gasteiger partial charge on any atom is -0.435 e. The summed E-state index contributed by atoms with van der Waals surface area (Å²) >= 11 is 0. The Morgan fingerprint density at radius 2 is 2.20 bits per heavy atom. The monoisotopic (exact) mass is 343 g/mol. The highest BCUT2D eigenvalue weighted by molar-refractivity contribution is 5.84. The van der Waals surface area contributed by atoms with Crippen molar-refractivity contribution in [3.63, 3.8) is 0 Å². The Hall–Kier alpha value is -1.85. The average Bonchev–Trinajstić information content (AvgIpc) is 2.95. The Kier molecular flexibility index (Phi) is 3.89. The molecule has 134 valence electrons. The first-order valence-corrected chi connectivity index (χ1v) is 9.28. The fourth-order valence-electron chi connectivity index (χ4n) is 5.46. The molecule has 4 rings (SSSR count). The standard InChI is InChI=1S/C20H26N2O3/c1-3-20-10-6-11-22(19(23)24,18(20)25-2)12-9-15-14-7-4-5-8-16(14)21-17(15)13-20/h4-5,7-8,18,21H,3,6,9-13H2,1-2H3/p+1/t18-,20+,22?/m0/s1. The number of amides is 1. The smallest absolute Gasteiger partial charge is 0.435 e. The van der Waals surface area contributed by atoms with Crippen LogP contribution in [0.25, 0.3) is 10.9 Å². The first-order chi connectivity index (χ1) is 12.1. The van der Waals surface area contributed by atoms with Gasteiger partial charge in [0.05, 0.1) is 18.5 Å². The molecule has 0 saturated carbocycles. The van der Waals surface area contributed by atoms with E-state index in [1.165, 1.54) is 16.6 Å². The molecule has 1 fully saturated rings. The number of nitrogens with zero attached hydrogens (tertiary/aromatic N) is 1. The fourth-order valence-corrected chi connectivity index (χ4v) is 5.46. The first-order valence-electron chi connectivity index (χ1n) is 9.28. The predicted octanol–water partition coefficient (Wildman–Crippen LogP) is 3.92. The number of methoxy groups -OCH3 is 1. The minimum atomic E-state index is -0.743. The molecule has 1 aromatic carbocycles. The minimum absolute atomic E-state index is 0.0449. The molecule has 25 heavy (non-hydrogen) atoms. The van der Waals surface area contributed by atoms with Gasteiger partial charge in [-0.3, -0.25) is 0 Å².